The summed E-state index contributed by atoms with van der Waals surface area (Å²) in [6.07, 6.45) is 51.9. The van der Waals surface area contributed by atoms with Gasteiger partial charge in [-0.3, -0.25) is 14.2 Å². The summed E-state index contributed by atoms with van der Waals surface area (Å²) in [5.41, 5.74) is 12.5. The van der Waals surface area contributed by atoms with E-state index in [0.717, 1.165) is 63.6 Å². The van der Waals surface area contributed by atoms with E-state index in [0.29, 0.717) is 104 Å². The Morgan fingerprint density at radius 2 is 0.531 bits per heavy atom. The van der Waals surface area contributed by atoms with Gasteiger partial charge in [0.25, 0.3) is 0 Å². The van der Waals surface area contributed by atoms with Crippen molar-refractivity contribution >= 4 is 43.6 Å². The number of nitrogens with one attached hydrogen (secondary N) is 2. The zero-order chi connectivity index (χ0) is 71.0. The van der Waals surface area contributed by atoms with Gasteiger partial charge in [-0.1, -0.05) is 259 Å². The molecule has 0 bridgehead atoms. The molecule has 0 heterocycles. The lowest BCUT2D eigenvalue weighted by Gasteiger charge is -2.19. The first-order valence-electron chi connectivity index (χ1n) is 40.1. The molecule has 0 aliphatic carbocycles. The first kappa shape index (κ1) is 97.3. The molecule has 0 aromatic carbocycles. The van der Waals surface area contributed by atoms with Gasteiger partial charge in [-0.15, -0.1) is 0 Å². The molecule has 0 spiro atoms. The van der Waals surface area contributed by atoms with E-state index in [2.05, 4.69) is 38.3 Å². The number of unbranched alkanes of at least 4 members (excludes halogenated alkanes) is 36. The SMILES string of the molecule is CCCCCCCCCCCCOC[C@H](CSC[C@H](N)C(=O)NCCOCCOCCOCCO[PH](=O)OCCOCCOCCOCCNC(=O)[C@@H](N)CSC[C@@H](COCCCCCCCCCCCC)OCCCCCCCCCCCC)OCCCCCCCCCCCC. The lowest BCUT2D eigenvalue weighted by Crippen LogP contribution is -2.43. The van der Waals surface area contributed by atoms with E-state index in [1.54, 1.807) is 23.5 Å². The smallest absolute Gasteiger partial charge is 0.319 e. The summed E-state index contributed by atoms with van der Waals surface area (Å²) >= 11 is 3.29. The molecule has 586 valence electrons. The molecule has 0 rings (SSSR count). The van der Waals surface area contributed by atoms with Gasteiger partial charge < -0.3 is 78.5 Å². The molecule has 98 heavy (non-hydrogen) atoms. The number of rotatable bonds is 86. The molecular formula is C76H155N4O15PS2. The van der Waals surface area contributed by atoms with Crippen LogP contribution in [0.4, 0.5) is 0 Å². The minimum atomic E-state index is -2.68. The fraction of sp³-hybridized carbons (Fsp3) is 0.974. The number of thioether (sulfide) groups is 2. The monoisotopic (exact) mass is 1460 g/mol. The van der Waals surface area contributed by atoms with Gasteiger partial charge >= 0.3 is 8.25 Å². The summed E-state index contributed by atoms with van der Waals surface area (Å²) in [5.74, 6) is 2.10. The lowest BCUT2D eigenvalue weighted by atomic mass is 10.1. The lowest BCUT2D eigenvalue weighted by molar-refractivity contribution is -0.122. The van der Waals surface area contributed by atoms with Crippen LogP contribution in [0, 0.1) is 0 Å². The van der Waals surface area contributed by atoms with Gasteiger partial charge in [0, 0.05) is 62.5 Å². The van der Waals surface area contributed by atoms with Gasteiger partial charge in [0.15, 0.2) is 0 Å². The van der Waals surface area contributed by atoms with Gasteiger partial charge in [0.2, 0.25) is 11.8 Å². The highest BCUT2D eigenvalue weighted by molar-refractivity contribution is 7.99. The summed E-state index contributed by atoms with van der Waals surface area (Å²) in [6.45, 7) is 18.3. The molecule has 4 atom stereocenters. The zero-order valence-corrected chi connectivity index (χ0v) is 66.2. The molecule has 0 unspecified atom stereocenters. The maximum absolute atomic E-state index is 12.7. The number of carbonyl (C=O) groups is 2. The van der Waals surface area contributed by atoms with Crippen LogP contribution >= 0.6 is 31.8 Å². The molecule has 0 saturated carbocycles. The normalized spacial score (nSPS) is 13.1. The quantitative estimate of drug-likeness (QED) is 0.0327. The maximum Gasteiger partial charge on any atom is 0.319 e. The molecule has 22 heteroatoms. The zero-order valence-electron chi connectivity index (χ0n) is 63.6. The fourth-order valence-corrected chi connectivity index (χ4v) is 13.4. The predicted octanol–water partition coefficient (Wildman–Crippen LogP) is 16.3. The Kier molecular flexibility index (Phi) is 83.0. The third kappa shape index (κ3) is 76.4. The van der Waals surface area contributed by atoms with Crippen molar-refractivity contribution in [3.05, 3.63) is 0 Å². The van der Waals surface area contributed by atoms with E-state index in [1.807, 2.05) is 0 Å². The summed E-state index contributed by atoms with van der Waals surface area (Å²) < 4.78 is 80.8. The second-order valence-electron chi connectivity index (χ2n) is 26.4. The average molecular weight is 1460 g/mol. The Bertz CT molecular complexity index is 1510. The van der Waals surface area contributed by atoms with Crippen LogP contribution in [0.1, 0.15) is 285 Å². The van der Waals surface area contributed by atoms with Crippen molar-refractivity contribution in [2.45, 2.75) is 309 Å². The fourth-order valence-electron chi connectivity index (χ4n) is 10.8. The maximum atomic E-state index is 12.7. The summed E-state index contributed by atoms with van der Waals surface area (Å²) in [4.78, 5) is 25.4. The largest absolute Gasteiger partial charge is 0.379 e. The molecule has 0 aromatic heterocycles. The third-order valence-electron chi connectivity index (χ3n) is 16.9. The Morgan fingerprint density at radius 3 is 0.806 bits per heavy atom. The van der Waals surface area contributed by atoms with E-state index < -0.39 is 20.3 Å². The van der Waals surface area contributed by atoms with E-state index >= 15 is 0 Å². The molecule has 0 aliphatic heterocycles. The van der Waals surface area contributed by atoms with E-state index in [4.69, 9.17) is 67.9 Å². The van der Waals surface area contributed by atoms with Gasteiger partial charge in [0.05, 0.1) is 130 Å². The van der Waals surface area contributed by atoms with Crippen molar-refractivity contribution in [2.24, 2.45) is 11.5 Å². The first-order chi connectivity index (χ1) is 48.3. The second-order valence-corrected chi connectivity index (χ2v) is 29.6. The van der Waals surface area contributed by atoms with Crippen molar-refractivity contribution in [3.8, 4) is 0 Å². The Balaban J connectivity index is 3.99. The highest BCUT2D eigenvalue weighted by Crippen LogP contribution is 2.23. The van der Waals surface area contributed by atoms with Crippen LogP contribution in [0.2, 0.25) is 0 Å². The predicted molar refractivity (Wildman–Crippen MR) is 411 cm³/mol. The van der Waals surface area contributed by atoms with Gasteiger partial charge in [-0.25, -0.2) is 0 Å². The van der Waals surface area contributed by atoms with Crippen molar-refractivity contribution < 1.29 is 70.6 Å². The first-order valence-corrected chi connectivity index (χ1v) is 43.7. The Labute approximate surface area is 610 Å². The highest BCUT2D eigenvalue weighted by atomic mass is 32.2. The number of amides is 2. The number of ether oxygens (including phenoxy) is 10. The molecule has 0 saturated heterocycles. The minimum Gasteiger partial charge on any atom is -0.379 e. The van der Waals surface area contributed by atoms with Crippen LogP contribution < -0.4 is 22.1 Å². The van der Waals surface area contributed by atoms with Crippen LogP contribution in [0.25, 0.3) is 0 Å². The standard InChI is InChI=1S/C76H155N4O15PS2/c1-5-9-13-17-21-25-29-33-37-41-47-90-65-71(92-49-43-39-35-31-27-23-19-15-11-7-3)67-97-69-73(77)75(81)79-45-51-84-53-55-86-57-59-88-61-63-94-96(83)95-64-62-89-60-58-87-56-54-85-52-46-80-76(82)74(78)70-98-68-72(93-50-44-40-36-32-28-24-20-16-12-8-4)66-91-48-42-38-34-30-26-22-18-14-10-6-2/h71-74,96H,5-70,77-78H2,1-4H3,(H,79,81)(H,80,82)/t71-,72-,73+,74+/m1/s1. The van der Waals surface area contributed by atoms with Crippen LogP contribution in [0.15, 0.2) is 0 Å². The van der Waals surface area contributed by atoms with Crippen LogP contribution in [0.5, 0.6) is 0 Å². The van der Waals surface area contributed by atoms with Crippen molar-refractivity contribution in [3.63, 3.8) is 0 Å². The minimum absolute atomic E-state index is 0.0171. The highest BCUT2D eigenvalue weighted by Gasteiger charge is 2.18. The van der Waals surface area contributed by atoms with Crippen LogP contribution in [0.3, 0.4) is 0 Å². The van der Waals surface area contributed by atoms with Gasteiger partial charge in [-0.05, 0) is 25.7 Å². The molecule has 19 nitrogen and oxygen atoms in total. The number of hydrogen-bond acceptors (Lipinski definition) is 19. The summed E-state index contributed by atoms with van der Waals surface area (Å²) in [6, 6.07) is -1.25. The number of hydrogen-bond donors (Lipinski definition) is 4. The molecule has 0 aliphatic rings. The molecule has 2 amide bonds. The molecule has 0 fully saturated rings. The Hall–Kier alpha value is -0.690. The van der Waals surface area contributed by atoms with Crippen molar-refractivity contribution in [1.82, 2.24) is 10.6 Å². The van der Waals surface area contributed by atoms with Crippen LogP contribution in [-0.4, -0.2) is 204 Å². The van der Waals surface area contributed by atoms with Gasteiger partial charge in [0.1, 0.15) is 0 Å². The molecule has 0 aromatic rings. The second kappa shape index (κ2) is 83.6. The van der Waals surface area contributed by atoms with E-state index in [1.165, 1.54) is 231 Å². The van der Waals surface area contributed by atoms with Gasteiger partial charge in [-0.2, -0.15) is 23.5 Å². The molecule has 0 radical (unpaired) electrons. The average Bonchev–Trinajstić information content (AvgIpc) is 2.31. The molecule has 6 N–H and O–H groups in total. The number of carbonyl (C=O) groups excluding carboxylic acids is 2. The number of nitrogens with two attached hydrogens (primary N) is 2. The van der Waals surface area contributed by atoms with E-state index in [9.17, 15) is 14.2 Å². The summed E-state index contributed by atoms with van der Waals surface area (Å²) in [7, 11) is -2.68. The third-order valence-corrected chi connectivity index (χ3v) is 20.2. The van der Waals surface area contributed by atoms with Crippen molar-refractivity contribution in [2.75, 3.05) is 168 Å². The topological polar surface area (TPSA) is 238 Å². The Morgan fingerprint density at radius 1 is 0.296 bits per heavy atom. The summed E-state index contributed by atoms with van der Waals surface area (Å²) in [5, 5.41) is 5.76. The molecular weight excluding hydrogens is 1300 g/mol. The van der Waals surface area contributed by atoms with Crippen LogP contribution in [-0.2, 0) is 70.6 Å². The van der Waals surface area contributed by atoms with Crippen molar-refractivity contribution in [1.29, 1.82) is 0 Å². The van der Waals surface area contributed by atoms with E-state index in [-0.39, 0.29) is 50.4 Å².